The van der Waals surface area contributed by atoms with Crippen LogP contribution in [0.15, 0.2) is 18.2 Å². The smallest absolute Gasteiger partial charge is 0.310 e. The molecule has 1 saturated heterocycles. The molecule has 1 aromatic rings. The Labute approximate surface area is 118 Å². The number of esters is 1. The second-order valence-corrected chi connectivity index (χ2v) is 5.06. The van der Waals surface area contributed by atoms with Crippen LogP contribution in [0.5, 0.6) is 5.75 Å². The topological polar surface area (TPSA) is 66.8 Å². The van der Waals surface area contributed by atoms with Gasteiger partial charge in [-0.2, -0.15) is 0 Å². The number of nitrogens with zero attached hydrogens (tertiary/aromatic N) is 1. The number of carbonyl (C=O) groups is 2. The molecule has 0 bridgehead atoms. The highest BCUT2D eigenvalue weighted by Gasteiger charge is 2.30. The number of likely N-dealkylation sites (tertiary alicyclic amines) is 1. The van der Waals surface area contributed by atoms with Crippen LogP contribution in [0.1, 0.15) is 28.8 Å². The predicted molar refractivity (Wildman–Crippen MR) is 73.5 cm³/mol. The highest BCUT2D eigenvalue weighted by atomic mass is 16.5. The van der Waals surface area contributed by atoms with Crippen molar-refractivity contribution < 1.29 is 19.4 Å². The number of methoxy groups -OCH3 is 1. The van der Waals surface area contributed by atoms with Crippen molar-refractivity contribution in [1.29, 1.82) is 0 Å². The van der Waals surface area contributed by atoms with Crippen LogP contribution >= 0.6 is 0 Å². The molecule has 108 valence electrons. The molecule has 1 fully saturated rings. The number of piperidine rings is 1. The molecular weight excluding hydrogens is 258 g/mol. The van der Waals surface area contributed by atoms with Crippen LogP contribution in [0, 0.1) is 12.8 Å². The van der Waals surface area contributed by atoms with E-state index in [4.69, 9.17) is 4.74 Å². The van der Waals surface area contributed by atoms with Crippen molar-refractivity contribution >= 4 is 11.9 Å². The lowest BCUT2D eigenvalue weighted by Crippen LogP contribution is -2.42. The molecule has 1 unspecified atom stereocenters. The molecule has 1 aromatic carbocycles. The summed E-state index contributed by atoms with van der Waals surface area (Å²) in [6.45, 7) is 2.71. The number of rotatable bonds is 2. The Bertz CT molecular complexity index is 527. The molecule has 0 aliphatic carbocycles. The van der Waals surface area contributed by atoms with E-state index in [-0.39, 0.29) is 23.5 Å². The first-order valence-corrected chi connectivity index (χ1v) is 6.70. The summed E-state index contributed by atoms with van der Waals surface area (Å²) in [6, 6.07) is 4.90. The summed E-state index contributed by atoms with van der Waals surface area (Å²) in [7, 11) is 1.36. The van der Waals surface area contributed by atoms with Gasteiger partial charge in [-0.15, -0.1) is 0 Å². The molecule has 0 aromatic heterocycles. The fraction of sp³-hybridized carbons (Fsp3) is 0.467. The highest BCUT2D eigenvalue weighted by molar-refractivity contribution is 5.96. The van der Waals surface area contributed by atoms with Gasteiger partial charge in [-0.1, -0.05) is 6.07 Å². The van der Waals surface area contributed by atoms with Gasteiger partial charge in [0.25, 0.3) is 5.91 Å². The van der Waals surface area contributed by atoms with E-state index in [0.717, 1.165) is 12.8 Å². The zero-order valence-corrected chi connectivity index (χ0v) is 11.8. The van der Waals surface area contributed by atoms with E-state index in [1.807, 2.05) is 0 Å². The third kappa shape index (κ3) is 2.76. The third-order valence-electron chi connectivity index (χ3n) is 3.78. The summed E-state index contributed by atoms with van der Waals surface area (Å²) in [6.07, 6.45) is 1.53. The number of carbonyl (C=O) groups excluding carboxylic acids is 2. The molecule has 2 rings (SSSR count). The van der Waals surface area contributed by atoms with Gasteiger partial charge in [-0.05, 0) is 31.9 Å². The minimum Gasteiger partial charge on any atom is -0.508 e. The largest absolute Gasteiger partial charge is 0.508 e. The predicted octanol–water partition coefficient (Wildman–Crippen LogP) is 1.73. The summed E-state index contributed by atoms with van der Waals surface area (Å²) in [5.41, 5.74) is 1.05. The number of phenols is 1. The van der Waals surface area contributed by atoms with E-state index < -0.39 is 0 Å². The SMILES string of the molecule is COC(=O)C1CCCN(C(=O)c2cccc(O)c2C)C1. The Kier molecular flexibility index (Phi) is 4.27. The molecule has 1 heterocycles. The Morgan fingerprint density at radius 3 is 2.85 bits per heavy atom. The maximum absolute atomic E-state index is 12.5. The Morgan fingerprint density at radius 1 is 1.40 bits per heavy atom. The first-order chi connectivity index (χ1) is 9.54. The molecule has 20 heavy (non-hydrogen) atoms. The van der Waals surface area contributed by atoms with E-state index in [2.05, 4.69) is 0 Å². The van der Waals surface area contributed by atoms with Crippen LogP contribution in [0.2, 0.25) is 0 Å². The van der Waals surface area contributed by atoms with E-state index in [1.165, 1.54) is 7.11 Å². The zero-order valence-electron chi connectivity index (χ0n) is 11.8. The van der Waals surface area contributed by atoms with E-state index in [0.29, 0.717) is 24.2 Å². The first-order valence-electron chi connectivity index (χ1n) is 6.70. The minimum atomic E-state index is -0.268. The van der Waals surface area contributed by atoms with E-state index in [9.17, 15) is 14.7 Å². The zero-order chi connectivity index (χ0) is 14.7. The van der Waals surface area contributed by atoms with Crippen molar-refractivity contribution in [3.63, 3.8) is 0 Å². The molecule has 0 spiro atoms. The normalized spacial score (nSPS) is 18.7. The Balaban J connectivity index is 2.16. The minimum absolute atomic E-state index is 0.109. The molecule has 1 aliphatic heterocycles. The fourth-order valence-electron chi connectivity index (χ4n) is 2.55. The molecule has 1 N–H and O–H groups in total. The van der Waals surface area contributed by atoms with Gasteiger partial charge in [-0.3, -0.25) is 9.59 Å². The van der Waals surface area contributed by atoms with Gasteiger partial charge in [0.1, 0.15) is 5.75 Å². The van der Waals surface area contributed by atoms with Crippen LogP contribution < -0.4 is 0 Å². The first kappa shape index (κ1) is 14.4. The van der Waals surface area contributed by atoms with Crippen LogP contribution in [0.3, 0.4) is 0 Å². The number of phenolic OH excluding ortho intramolecular Hbond substituents is 1. The van der Waals surface area contributed by atoms with Crippen LogP contribution in [0.25, 0.3) is 0 Å². The Hall–Kier alpha value is -2.04. The quantitative estimate of drug-likeness (QED) is 0.836. The van der Waals surface area contributed by atoms with Gasteiger partial charge < -0.3 is 14.7 Å². The van der Waals surface area contributed by atoms with Crippen LogP contribution in [0.4, 0.5) is 0 Å². The fourth-order valence-corrected chi connectivity index (χ4v) is 2.55. The monoisotopic (exact) mass is 277 g/mol. The average molecular weight is 277 g/mol. The highest BCUT2D eigenvalue weighted by Crippen LogP contribution is 2.24. The maximum atomic E-state index is 12.5. The van der Waals surface area contributed by atoms with Crippen molar-refractivity contribution in [3.05, 3.63) is 29.3 Å². The summed E-state index contributed by atoms with van der Waals surface area (Å²) in [5.74, 6) is -0.560. The van der Waals surface area contributed by atoms with Gasteiger partial charge in [0.2, 0.25) is 0 Å². The molecule has 1 amide bonds. The van der Waals surface area contributed by atoms with Gasteiger partial charge in [-0.25, -0.2) is 0 Å². The van der Waals surface area contributed by atoms with E-state index >= 15 is 0 Å². The third-order valence-corrected chi connectivity index (χ3v) is 3.78. The van der Waals surface area contributed by atoms with Gasteiger partial charge >= 0.3 is 5.97 Å². The van der Waals surface area contributed by atoms with Gasteiger partial charge in [0.05, 0.1) is 13.0 Å². The summed E-state index contributed by atoms with van der Waals surface area (Å²) >= 11 is 0. The van der Waals surface area contributed by atoms with Gasteiger partial charge in [0, 0.05) is 24.2 Å². The lowest BCUT2D eigenvalue weighted by atomic mass is 9.97. The maximum Gasteiger partial charge on any atom is 0.310 e. The number of hydrogen-bond acceptors (Lipinski definition) is 4. The van der Waals surface area contributed by atoms with Crippen molar-refractivity contribution in [3.8, 4) is 5.75 Å². The molecule has 0 saturated carbocycles. The van der Waals surface area contributed by atoms with E-state index in [1.54, 1.807) is 30.0 Å². The summed E-state index contributed by atoms with van der Waals surface area (Å²) in [4.78, 5) is 25.7. The number of amides is 1. The number of hydrogen-bond donors (Lipinski definition) is 1. The Morgan fingerprint density at radius 2 is 2.15 bits per heavy atom. The average Bonchev–Trinajstić information content (AvgIpc) is 2.48. The molecule has 1 aliphatic rings. The summed E-state index contributed by atoms with van der Waals surface area (Å²) < 4.78 is 4.75. The second kappa shape index (κ2) is 5.94. The number of ether oxygens (including phenoxy) is 1. The van der Waals surface area contributed by atoms with Crippen LogP contribution in [-0.2, 0) is 9.53 Å². The standard InChI is InChI=1S/C15H19NO4/c1-10-12(6-3-7-13(10)17)14(18)16-8-4-5-11(9-16)15(19)20-2/h3,6-7,11,17H,4-5,8-9H2,1-2H3. The molecule has 5 heteroatoms. The van der Waals surface area contributed by atoms with Crippen molar-refractivity contribution in [1.82, 2.24) is 4.90 Å². The molecule has 0 radical (unpaired) electrons. The lowest BCUT2D eigenvalue weighted by Gasteiger charge is -2.31. The van der Waals surface area contributed by atoms with Crippen LogP contribution in [-0.4, -0.2) is 42.1 Å². The molecular formula is C15H19NO4. The van der Waals surface area contributed by atoms with Crippen molar-refractivity contribution in [2.24, 2.45) is 5.92 Å². The second-order valence-electron chi connectivity index (χ2n) is 5.06. The molecule has 1 atom stereocenters. The lowest BCUT2D eigenvalue weighted by molar-refractivity contribution is -0.146. The summed E-state index contributed by atoms with van der Waals surface area (Å²) in [5, 5.41) is 9.68. The number of benzene rings is 1. The van der Waals surface area contributed by atoms with Crippen molar-refractivity contribution in [2.75, 3.05) is 20.2 Å². The molecule has 5 nitrogen and oxygen atoms in total. The number of aromatic hydroxyl groups is 1. The van der Waals surface area contributed by atoms with Crippen molar-refractivity contribution in [2.45, 2.75) is 19.8 Å². The van der Waals surface area contributed by atoms with Gasteiger partial charge in [0.15, 0.2) is 0 Å².